The fraction of sp³-hybridized carbons (Fsp3) is 0.562. The minimum absolute atomic E-state index is 0. The molecular weight excluding hydrogens is 323 g/mol. The van der Waals surface area contributed by atoms with Crippen LogP contribution in [0.1, 0.15) is 24.4 Å². The zero-order valence-corrected chi connectivity index (χ0v) is 14.6. The number of carbonyl (C=O) groups excluding carboxylic acids is 1. The molecule has 1 heterocycles. The normalized spacial score (nSPS) is 21.8. The number of carbonyl (C=O) groups is 1. The number of rotatable bonds is 5. The molecule has 0 radical (unpaired) electrons. The fourth-order valence-corrected chi connectivity index (χ4v) is 3.19. The van der Waals surface area contributed by atoms with Gasteiger partial charge in [0, 0.05) is 12.6 Å². The van der Waals surface area contributed by atoms with Gasteiger partial charge < -0.3 is 10.1 Å². The molecule has 124 valence electrons. The summed E-state index contributed by atoms with van der Waals surface area (Å²) in [5.41, 5.74) is 1.27. The highest BCUT2D eigenvalue weighted by molar-refractivity contribution is 6.27. The Balaban J connectivity index is 0.00000242. The van der Waals surface area contributed by atoms with Gasteiger partial charge in [0.15, 0.2) is 0 Å². The highest BCUT2D eigenvalue weighted by Crippen LogP contribution is 2.35. The summed E-state index contributed by atoms with van der Waals surface area (Å²) in [6.45, 7) is 1.75. The van der Waals surface area contributed by atoms with Crippen molar-refractivity contribution in [1.82, 2.24) is 10.2 Å². The number of amides is 1. The van der Waals surface area contributed by atoms with E-state index in [4.69, 9.17) is 16.3 Å². The molecule has 22 heavy (non-hydrogen) atoms. The van der Waals surface area contributed by atoms with E-state index in [0.717, 1.165) is 25.1 Å². The van der Waals surface area contributed by atoms with Crippen LogP contribution in [0.15, 0.2) is 24.3 Å². The molecule has 0 saturated carbocycles. The third kappa shape index (κ3) is 4.77. The van der Waals surface area contributed by atoms with Gasteiger partial charge in [-0.2, -0.15) is 0 Å². The molecule has 2 atom stereocenters. The molecule has 1 saturated heterocycles. The predicted octanol–water partition coefficient (Wildman–Crippen LogP) is 2.85. The van der Waals surface area contributed by atoms with Crippen LogP contribution in [0, 0.1) is 5.92 Å². The van der Waals surface area contributed by atoms with Gasteiger partial charge in [-0.3, -0.25) is 9.69 Å². The Bertz CT molecular complexity index is 468. The Morgan fingerprint density at radius 2 is 2.09 bits per heavy atom. The molecule has 6 heteroatoms. The van der Waals surface area contributed by atoms with Crippen LogP contribution in [0.4, 0.5) is 0 Å². The number of benzene rings is 1. The third-order valence-corrected chi connectivity index (χ3v) is 4.39. The maximum absolute atomic E-state index is 11.4. The van der Waals surface area contributed by atoms with E-state index >= 15 is 0 Å². The molecule has 1 N–H and O–H groups in total. The van der Waals surface area contributed by atoms with E-state index in [1.54, 1.807) is 7.11 Å². The van der Waals surface area contributed by atoms with Crippen LogP contribution in [0.5, 0.6) is 5.75 Å². The molecule has 0 spiro atoms. The topological polar surface area (TPSA) is 41.6 Å². The van der Waals surface area contributed by atoms with Crippen LogP contribution in [0.3, 0.4) is 0 Å². The van der Waals surface area contributed by atoms with Crippen molar-refractivity contribution in [3.05, 3.63) is 29.8 Å². The third-order valence-electron chi connectivity index (χ3n) is 4.15. The summed E-state index contributed by atoms with van der Waals surface area (Å²) in [6.07, 6.45) is 2.27. The zero-order chi connectivity index (χ0) is 15.2. The summed E-state index contributed by atoms with van der Waals surface area (Å²) in [5.74, 6) is 1.20. The number of nitrogens with zero attached hydrogens (tertiary/aromatic N) is 1. The first-order chi connectivity index (χ1) is 10.2. The lowest BCUT2D eigenvalue weighted by Crippen LogP contribution is -2.42. The predicted molar refractivity (Wildman–Crippen MR) is 92.1 cm³/mol. The van der Waals surface area contributed by atoms with Crippen LogP contribution in [-0.2, 0) is 4.79 Å². The summed E-state index contributed by atoms with van der Waals surface area (Å²) >= 11 is 5.55. The molecule has 2 rings (SSSR count). The van der Waals surface area contributed by atoms with Crippen molar-refractivity contribution < 1.29 is 9.53 Å². The smallest absolute Gasteiger partial charge is 0.234 e. The van der Waals surface area contributed by atoms with E-state index in [2.05, 4.69) is 29.4 Å². The Morgan fingerprint density at radius 3 is 2.68 bits per heavy atom. The Morgan fingerprint density at radius 1 is 1.41 bits per heavy atom. The minimum atomic E-state index is -0.0987. The molecule has 1 fully saturated rings. The molecule has 0 bridgehead atoms. The number of piperidine rings is 1. The molecule has 2 unspecified atom stereocenters. The maximum Gasteiger partial charge on any atom is 0.234 e. The summed E-state index contributed by atoms with van der Waals surface area (Å²) in [7, 11) is 3.82. The van der Waals surface area contributed by atoms with Gasteiger partial charge in [-0.15, -0.1) is 24.0 Å². The van der Waals surface area contributed by atoms with E-state index < -0.39 is 0 Å². The van der Waals surface area contributed by atoms with Crippen LogP contribution in [0.2, 0.25) is 0 Å². The Labute approximate surface area is 143 Å². The van der Waals surface area contributed by atoms with E-state index in [9.17, 15) is 4.79 Å². The van der Waals surface area contributed by atoms with Crippen molar-refractivity contribution in [1.29, 1.82) is 0 Å². The van der Waals surface area contributed by atoms with Crippen molar-refractivity contribution >= 4 is 29.9 Å². The van der Waals surface area contributed by atoms with Gasteiger partial charge >= 0.3 is 0 Å². The van der Waals surface area contributed by atoms with E-state index in [0.29, 0.717) is 18.5 Å². The number of halogens is 2. The quantitative estimate of drug-likeness (QED) is 0.833. The van der Waals surface area contributed by atoms with Crippen molar-refractivity contribution in [3.63, 3.8) is 0 Å². The summed E-state index contributed by atoms with van der Waals surface area (Å²) in [5, 5.41) is 2.92. The van der Waals surface area contributed by atoms with Gasteiger partial charge in [-0.05, 0) is 50.0 Å². The average molecular weight is 347 g/mol. The molecule has 1 aliphatic rings. The second-order valence-electron chi connectivity index (χ2n) is 5.54. The van der Waals surface area contributed by atoms with Gasteiger partial charge in [0.2, 0.25) is 5.91 Å². The lowest BCUT2D eigenvalue weighted by molar-refractivity contribution is -0.119. The van der Waals surface area contributed by atoms with Gasteiger partial charge in [-0.25, -0.2) is 0 Å². The lowest BCUT2D eigenvalue weighted by Gasteiger charge is -2.39. The second-order valence-corrected chi connectivity index (χ2v) is 5.81. The molecular formula is C16H24Cl2N2O2. The monoisotopic (exact) mass is 346 g/mol. The van der Waals surface area contributed by atoms with Gasteiger partial charge in [0.25, 0.3) is 0 Å². The number of methoxy groups -OCH3 is 1. The fourth-order valence-electron chi connectivity index (χ4n) is 3.09. The van der Waals surface area contributed by atoms with E-state index in [1.807, 2.05) is 12.1 Å². The SMILES string of the molecule is COc1ccc(C2C(CNC(=O)CCl)CCCN2C)cc1.Cl. The second kappa shape index (κ2) is 9.23. The first-order valence-electron chi connectivity index (χ1n) is 7.32. The van der Waals surface area contributed by atoms with Crippen LogP contribution in [0.25, 0.3) is 0 Å². The Hall–Kier alpha value is -0.970. The Kier molecular flexibility index (Phi) is 8.01. The van der Waals surface area contributed by atoms with Gasteiger partial charge in [0.1, 0.15) is 11.6 Å². The summed E-state index contributed by atoms with van der Waals surface area (Å²) < 4.78 is 5.22. The van der Waals surface area contributed by atoms with Crippen LogP contribution < -0.4 is 10.1 Å². The highest BCUT2D eigenvalue weighted by Gasteiger charge is 2.30. The number of ether oxygens (including phenoxy) is 1. The van der Waals surface area contributed by atoms with E-state index in [-0.39, 0.29) is 24.2 Å². The molecule has 0 aromatic heterocycles. The highest BCUT2D eigenvalue weighted by atomic mass is 35.5. The number of hydrogen-bond acceptors (Lipinski definition) is 3. The first kappa shape index (κ1) is 19.1. The zero-order valence-electron chi connectivity index (χ0n) is 13.0. The minimum Gasteiger partial charge on any atom is -0.497 e. The number of likely N-dealkylation sites (tertiary alicyclic amines) is 1. The molecule has 1 amide bonds. The van der Waals surface area contributed by atoms with Crippen LogP contribution >= 0.6 is 24.0 Å². The standard InChI is InChI=1S/C16H23ClN2O2.ClH/c1-19-9-3-4-13(11-18-15(20)10-17)16(19)12-5-7-14(21-2)8-6-12;/h5-8,13,16H,3-4,9-11H2,1-2H3,(H,18,20);1H. The lowest BCUT2D eigenvalue weighted by atomic mass is 9.85. The van der Waals surface area contributed by atoms with E-state index in [1.165, 1.54) is 5.56 Å². The first-order valence-corrected chi connectivity index (χ1v) is 7.86. The van der Waals surface area contributed by atoms with Crippen molar-refractivity contribution in [3.8, 4) is 5.75 Å². The molecule has 0 aliphatic carbocycles. The van der Waals surface area contributed by atoms with Crippen LogP contribution in [-0.4, -0.2) is 43.9 Å². The molecule has 1 aromatic carbocycles. The maximum atomic E-state index is 11.4. The number of nitrogens with one attached hydrogen (secondary N) is 1. The number of hydrogen-bond donors (Lipinski definition) is 1. The molecule has 1 aromatic rings. The molecule has 1 aliphatic heterocycles. The van der Waals surface area contributed by atoms with Gasteiger partial charge in [-0.1, -0.05) is 12.1 Å². The van der Waals surface area contributed by atoms with Gasteiger partial charge in [0.05, 0.1) is 7.11 Å². The molecule has 4 nitrogen and oxygen atoms in total. The largest absolute Gasteiger partial charge is 0.497 e. The summed E-state index contributed by atoms with van der Waals surface area (Å²) in [4.78, 5) is 13.8. The number of alkyl halides is 1. The van der Waals surface area contributed by atoms with Crippen molar-refractivity contribution in [2.75, 3.05) is 33.1 Å². The van der Waals surface area contributed by atoms with Crippen molar-refractivity contribution in [2.24, 2.45) is 5.92 Å². The average Bonchev–Trinajstić information content (AvgIpc) is 2.52. The van der Waals surface area contributed by atoms with Crippen molar-refractivity contribution in [2.45, 2.75) is 18.9 Å². The summed E-state index contributed by atoms with van der Waals surface area (Å²) in [6, 6.07) is 8.53.